The Morgan fingerprint density at radius 3 is 2.76 bits per heavy atom. The van der Waals surface area contributed by atoms with Crippen LogP contribution in [0.1, 0.15) is 32.2 Å². The summed E-state index contributed by atoms with van der Waals surface area (Å²) >= 11 is 0. The molecule has 0 fully saturated rings. The van der Waals surface area contributed by atoms with E-state index in [1.807, 2.05) is 4.68 Å². The molecule has 0 radical (unpaired) electrons. The Hall–Kier alpha value is -1.36. The van der Waals surface area contributed by atoms with Crippen LogP contribution in [0.25, 0.3) is 0 Å². The molecule has 1 amide bonds. The summed E-state index contributed by atoms with van der Waals surface area (Å²) in [6.07, 6.45) is 0.964. The van der Waals surface area contributed by atoms with Gasteiger partial charge in [-0.05, 0) is 19.4 Å². The summed E-state index contributed by atoms with van der Waals surface area (Å²) < 4.78 is 2.02. The van der Waals surface area contributed by atoms with Gasteiger partial charge in [0.25, 0.3) is 0 Å². The van der Waals surface area contributed by atoms with Crippen molar-refractivity contribution in [1.82, 2.24) is 20.4 Å². The predicted octanol–water partition coefficient (Wildman–Crippen LogP) is 0.691. The Bertz CT molecular complexity index is 359. The molecule has 0 aliphatic heterocycles. The van der Waals surface area contributed by atoms with Gasteiger partial charge in [-0.2, -0.15) is 5.10 Å². The fraction of sp³-hybridized carbons (Fsp3) is 0.667. The van der Waals surface area contributed by atoms with Gasteiger partial charge in [-0.1, -0.05) is 6.92 Å². The first kappa shape index (κ1) is 13.7. The van der Waals surface area contributed by atoms with E-state index in [0.29, 0.717) is 6.54 Å². The number of nitrogens with zero attached hydrogens (tertiary/aromatic N) is 2. The van der Waals surface area contributed by atoms with E-state index in [9.17, 15) is 4.79 Å². The highest BCUT2D eigenvalue weighted by Crippen LogP contribution is 2.04. The van der Waals surface area contributed by atoms with Crippen LogP contribution in [0, 0.1) is 0 Å². The van der Waals surface area contributed by atoms with Crippen LogP contribution >= 0.6 is 0 Å². The van der Waals surface area contributed by atoms with Crippen LogP contribution < -0.4 is 10.6 Å². The number of nitrogens with one attached hydrogen (secondary N) is 2. The third-order valence-corrected chi connectivity index (χ3v) is 2.56. The molecule has 0 aliphatic carbocycles. The highest BCUT2D eigenvalue weighted by molar-refractivity contribution is 5.72. The Labute approximate surface area is 103 Å². The van der Waals surface area contributed by atoms with E-state index in [2.05, 4.69) is 35.6 Å². The fourth-order valence-electron chi connectivity index (χ4n) is 1.65. The standard InChI is InChI=1S/C12H22N4O/c1-4-11-8-12(16(5-2)15-11)9-13-6-7-14-10(3)17/h8,13H,4-7,9H2,1-3H3,(H,14,17). The number of aromatic nitrogens is 2. The van der Waals surface area contributed by atoms with E-state index < -0.39 is 0 Å². The molecule has 1 aromatic heterocycles. The van der Waals surface area contributed by atoms with Crippen molar-refractivity contribution < 1.29 is 4.79 Å². The van der Waals surface area contributed by atoms with E-state index in [0.717, 1.165) is 31.7 Å². The third kappa shape index (κ3) is 4.56. The Morgan fingerprint density at radius 1 is 1.41 bits per heavy atom. The molecule has 2 N–H and O–H groups in total. The lowest BCUT2D eigenvalue weighted by atomic mass is 10.3. The number of hydrogen-bond acceptors (Lipinski definition) is 3. The highest BCUT2D eigenvalue weighted by atomic mass is 16.1. The van der Waals surface area contributed by atoms with Gasteiger partial charge < -0.3 is 10.6 Å². The van der Waals surface area contributed by atoms with Gasteiger partial charge >= 0.3 is 0 Å². The second-order valence-electron chi connectivity index (χ2n) is 3.96. The van der Waals surface area contributed by atoms with Crippen molar-refractivity contribution in [2.45, 2.75) is 40.3 Å². The summed E-state index contributed by atoms with van der Waals surface area (Å²) in [7, 11) is 0. The summed E-state index contributed by atoms with van der Waals surface area (Å²) in [6.45, 7) is 8.85. The van der Waals surface area contributed by atoms with Gasteiger partial charge in [0.15, 0.2) is 0 Å². The van der Waals surface area contributed by atoms with Gasteiger partial charge in [0.2, 0.25) is 5.91 Å². The van der Waals surface area contributed by atoms with Crippen molar-refractivity contribution in [1.29, 1.82) is 0 Å². The van der Waals surface area contributed by atoms with Gasteiger partial charge in [-0.25, -0.2) is 0 Å². The minimum atomic E-state index is 0.0127. The maximum absolute atomic E-state index is 10.7. The number of carbonyl (C=O) groups excluding carboxylic acids is 1. The molecule has 1 rings (SSSR count). The SMILES string of the molecule is CCc1cc(CNCCNC(C)=O)n(CC)n1. The van der Waals surface area contributed by atoms with Crippen molar-refractivity contribution in [2.75, 3.05) is 13.1 Å². The monoisotopic (exact) mass is 238 g/mol. The van der Waals surface area contributed by atoms with Crippen molar-refractivity contribution in [3.8, 4) is 0 Å². The molecule has 0 aliphatic rings. The zero-order valence-electron chi connectivity index (χ0n) is 10.9. The molecule has 1 aromatic rings. The molecule has 1 heterocycles. The van der Waals surface area contributed by atoms with Gasteiger partial charge in [-0.3, -0.25) is 9.48 Å². The molecule has 0 saturated carbocycles. The average Bonchev–Trinajstić information content (AvgIpc) is 2.70. The molecular formula is C12H22N4O. The predicted molar refractivity (Wildman–Crippen MR) is 67.7 cm³/mol. The van der Waals surface area contributed by atoms with Crippen LogP contribution in [0.3, 0.4) is 0 Å². The third-order valence-electron chi connectivity index (χ3n) is 2.56. The second kappa shape index (κ2) is 7.06. The van der Waals surface area contributed by atoms with Crippen LogP contribution in [0.4, 0.5) is 0 Å². The van der Waals surface area contributed by atoms with Crippen LogP contribution in [-0.2, 0) is 24.3 Å². The summed E-state index contributed by atoms with van der Waals surface area (Å²) in [4.78, 5) is 10.7. The highest BCUT2D eigenvalue weighted by Gasteiger charge is 2.04. The Kier molecular flexibility index (Phi) is 5.69. The molecule has 5 nitrogen and oxygen atoms in total. The second-order valence-corrected chi connectivity index (χ2v) is 3.96. The summed E-state index contributed by atoms with van der Waals surface area (Å²) in [5, 5.41) is 10.5. The Balaban J connectivity index is 2.35. The van der Waals surface area contributed by atoms with Crippen LogP contribution in [0.2, 0.25) is 0 Å². The zero-order valence-corrected chi connectivity index (χ0v) is 10.9. The lowest BCUT2D eigenvalue weighted by Gasteiger charge is -2.06. The van der Waals surface area contributed by atoms with Crippen molar-refractivity contribution in [2.24, 2.45) is 0 Å². The van der Waals surface area contributed by atoms with Gasteiger partial charge in [-0.15, -0.1) is 0 Å². The van der Waals surface area contributed by atoms with E-state index in [1.165, 1.54) is 12.6 Å². The maximum Gasteiger partial charge on any atom is 0.216 e. The van der Waals surface area contributed by atoms with Gasteiger partial charge in [0.1, 0.15) is 0 Å². The number of carbonyl (C=O) groups is 1. The topological polar surface area (TPSA) is 58.9 Å². The molecule has 17 heavy (non-hydrogen) atoms. The normalized spacial score (nSPS) is 10.5. The fourth-order valence-corrected chi connectivity index (χ4v) is 1.65. The molecule has 0 atom stereocenters. The minimum absolute atomic E-state index is 0.0127. The zero-order chi connectivity index (χ0) is 12.7. The van der Waals surface area contributed by atoms with Gasteiger partial charge in [0, 0.05) is 33.1 Å². The van der Waals surface area contributed by atoms with Crippen molar-refractivity contribution in [3.63, 3.8) is 0 Å². The first-order valence-electron chi connectivity index (χ1n) is 6.18. The molecule has 0 aromatic carbocycles. The first-order chi connectivity index (χ1) is 8.17. The molecule has 0 bridgehead atoms. The molecule has 0 saturated heterocycles. The van der Waals surface area contributed by atoms with E-state index >= 15 is 0 Å². The minimum Gasteiger partial charge on any atom is -0.355 e. The Morgan fingerprint density at radius 2 is 2.18 bits per heavy atom. The molecular weight excluding hydrogens is 216 g/mol. The van der Waals surface area contributed by atoms with E-state index in [1.54, 1.807) is 0 Å². The molecule has 5 heteroatoms. The number of aryl methyl sites for hydroxylation is 2. The smallest absolute Gasteiger partial charge is 0.216 e. The summed E-state index contributed by atoms with van der Waals surface area (Å²) in [6, 6.07) is 2.13. The first-order valence-corrected chi connectivity index (χ1v) is 6.18. The van der Waals surface area contributed by atoms with Crippen LogP contribution in [-0.4, -0.2) is 28.8 Å². The largest absolute Gasteiger partial charge is 0.355 e. The van der Waals surface area contributed by atoms with Crippen LogP contribution in [0.5, 0.6) is 0 Å². The number of rotatable bonds is 7. The maximum atomic E-state index is 10.7. The van der Waals surface area contributed by atoms with E-state index in [-0.39, 0.29) is 5.91 Å². The summed E-state index contributed by atoms with van der Waals surface area (Å²) in [5.74, 6) is 0.0127. The van der Waals surface area contributed by atoms with E-state index in [4.69, 9.17) is 0 Å². The van der Waals surface area contributed by atoms with Crippen molar-refractivity contribution in [3.05, 3.63) is 17.5 Å². The molecule has 96 valence electrons. The molecule has 0 unspecified atom stereocenters. The lowest BCUT2D eigenvalue weighted by molar-refractivity contribution is -0.118. The van der Waals surface area contributed by atoms with Crippen LogP contribution in [0.15, 0.2) is 6.07 Å². The summed E-state index contributed by atoms with van der Waals surface area (Å²) in [5.41, 5.74) is 2.33. The molecule has 0 spiro atoms. The average molecular weight is 238 g/mol. The quantitative estimate of drug-likeness (QED) is 0.687. The van der Waals surface area contributed by atoms with Crippen molar-refractivity contribution >= 4 is 5.91 Å². The number of hydrogen-bond donors (Lipinski definition) is 2. The number of amides is 1. The lowest BCUT2D eigenvalue weighted by Crippen LogP contribution is -2.30. The van der Waals surface area contributed by atoms with Gasteiger partial charge in [0.05, 0.1) is 11.4 Å².